The van der Waals surface area contributed by atoms with E-state index in [1.165, 1.54) is 45.2 Å². The van der Waals surface area contributed by atoms with Crippen molar-refractivity contribution in [2.75, 3.05) is 39.9 Å². The zero-order chi connectivity index (χ0) is 11.6. The van der Waals surface area contributed by atoms with Gasteiger partial charge in [-0.3, -0.25) is 0 Å². The molecule has 96 valence electrons. The number of hydrogen-bond donors (Lipinski definition) is 1. The van der Waals surface area contributed by atoms with Crippen molar-refractivity contribution in [3.05, 3.63) is 0 Å². The van der Waals surface area contributed by atoms with E-state index in [4.69, 9.17) is 4.74 Å². The van der Waals surface area contributed by atoms with Crippen LogP contribution in [-0.4, -0.2) is 50.8 Å². The highest BCUT2D eigenvalue weighted by atomic mass is 16.5. The standard InChI is InChI=1S/C13H28N2O/c1-3-13-7-6-11-15(13)10-5-4-8-14-9-12-16-2/h13-14H,3-12H2,1-2H3. The fourth-order valence-electron chi connectivity index (χ4n) is 2.52. The molecule has 0 saturated carbocycles. The SMILES string of the molecule is CCC1CCCN1CCCCNCCOC. The Morgan fingerprint density at radius 3 is 2.94 bits per heavy atom. The molecule has 0 spiro atoms. The van der Waals surface area contributed by atoms with Crippen LogP contribution in [0.15, 0.2) is 0 Å². The van der Waals surface area contributed by atoms with Crippen LogP contribution in [0.2, 0.25) is 0 Å². The molecule has 0 radical (unpaired) electrons. The lowest BCUT2D eigenvalue weighted by Crippen LogP contribution is -2.30. The molecule has 1 unspecified atom stereocenters. The monoisotopic (exact) mass is 228 g/mol. The highest BCUT2D eigenvalue weighted by molar-refractivity contribution is 4.77. The summed E-state index contributed by atoms with van der Waals surface area (Å²) < 4.78 is 4.99. The number of unbranched alkanes of at least 4 members (excludes halogenated alkanes) is 1. The molecule has 1 aliphatic heterocycles. The first kappa shape index (κ1) is 13.9. The zero-order valence-corrected chi connectivity index (χ0v) is 11.0. The summed E-state index contributed by atoms with van der Waals surface area (Å²) in [4.78, 5) is 2.68. The van der Waals surface area contributed by atoms with Crippen LogP contribution in [0.3, 0.4) is 0 Å². The van der Waals surface area contributed by atoms with Crippen LogP contribution in [0.4, 0.5) is 0 Å². The summed E-state index contributed by atoms with van der Waals surface area (Å²) in [5.41, 5.74) is 0. The Hall–Kier alpha value is -0.120. The molecule has 0 aromatic carbocycles. The second-order valence-electron chi connectivity index (χ2n) is 4.69. The van der Waals surface area contributed by atoms with Crippen molar-refractivity contribution in [1.82, 2.24) is 10.2 Å². The van der Waals surface area contributed by atoms with Gasteiger partial charge in [-0.1, -0.05) is 6.92 Å². The minimum absolute atomic E-state index is 0.823. The third kappa shape index (κ3) is 5.28. The fourth-order valence-corrected chi connectivity index (χ4v) is 2.52. The lowest BCUT2D eigenvalue weighted by molar-refractivity contribution is 0.198. The lowest BCUT2D eigenvalue weighted by atomic mass is 10.1. The molecule has 0 amide bonds. The molecule has 0 bridgehead atoms. The average Bonchev–Trinajstić information content (AvgIpc) is 2.75. The van der Waals surface area contributed by atoms with Gasteiger partial charge in [-0.2, -0.15) is 0 Å². The molecule has 3 heteroatoms. The first-order valence-electron chi connectivity index (χ1n) is 6.82. The number of rotatable bonds is 9. The van der Waals surface area contributed by atoms with Gasteiger partial charge in [0, 0.05) is 19.7 Å². The van der Waals surface area contributed by atoms with Crippen molar-refractivity contribution < 1.29 is 4.74 Å². The van der Waals surface area contributed by atoms with E-state index >= 15 is 0 Å². The maximum Gasteiger partial charge on any atom is 0.0587 e. The smallest absolute Gasteiger partial charge is 0.0587 e. The number of likely N-dealkylation sites (tertiary alicyclic amines) is 1. The maximum absolute atomic E-state index is 4.99. The van der Waals surface area contributed by atoms with Crippen LogP contribution in [0.1, 0.15) is 39.0 Å². The van der Waals surface area contributed by atoms with Crippen molar-refractivity contribution in [3.8, 4) is 0 Å². The Bertz CT molecular complexity index is 164. The second kappa shape index (κ2) is 8.97. The maximum atomic E-state index is 4.99. The van der Waals surface area contributed by atoms with Crippen LogP contribution < -0.4 is 5.32 Å². The van der Waals surface area contributed by atoms with E-state index in [1.54, 1.807) is 7.11 Å². The molecule has 1 rings (SSSR count). The van der Waals surface area contributed by atoms with E-state index in [-0.39, 0.29) is 0 Å². The largest absolute Gasteiger partial charge is 0.383 e. The van der Waals surface area contributed by atoms with E-state index in [1.807, 2.05) is 0 Å². The van der Waals surface area contributed by atoms with Gasteiger partial charge in [0.2, 0.25) is 0 Å². The molecular formula is C13H28N2O. The van der Waals surface area contributed by atoms with Crippen molar-refractivity contribution in [1.29, 1.82) is 0 Å². The topological polar surface area (TPSA) is 24.5 Å². The summed E-state index contributed by atoms with van der Waals surface area (Å²) >= 11 is 0. The molecule has 3 nitrogen and oxygen atoms in total. The number of hydrogen-bond acceptors (Lipinski definition) is 3. The molecule has 16 heavy (non-hydrogen) atoms. The molecule has 1 atom stereocenters. The van der Waals surface area contributed by atoms with Gasteiger partial charge in [0.05, 0.1) is 6.61 Å². The average molecular weight is 228 g/mol. The molecule has 1 saturated heterocycles. The quantitative estimate of drug-likeness (QED) is 0.610. The number of ether oxygens (including phenoxy) is 1. The molecule has 0 aromatic heterocycles. The van der Waals surface area contributed by atoms with Gasteiger partial charge in [-0.25, -0.2) is 0 Å². The lowest BCUT2D eigenvalue weighted by Gasteiger charge is -2.23. The van der Waals surface area contributed by atoms with Crippen molar-refractivity contribution >= 4 is 0 Å². The molecule has 1 fully saturated rings. The second-order valence-corrected chi connectivity index (χ2v) is 4.69. The Morgan fingerprint density at radius 2 is 2.19 bits per heavy atom. The molecule has 1 N–H and O–H groups in total. The molecule has 1 aliphatic rings. The van der Waals surface area contributed by atoms with Crippen LogP contribution in [0.25, 0.3) is 0 Å². The highest BCUT2D eigenvalue weighted by Gasteiger charge is 2.21. The van der Waals surface area contributed by atoms with Gasteiger partial charge in [0.15, 0.2) is 0 Å². The number of methoxy groups -OCH3 is 1. The van der Waals surface area contributed by atoms with E-state index in [2.05, 4.69) is 17.1 Å². The van der Waals surface area contributed by atoms with Crippen molar-refractivity contribution in [2.45, 2.75) is 45.1 Å². The van der Waals surface area contributed by atoms with E-state index in [9.17, 15) is 0 Å². The third-order valence-corrected chi connectivity index (χ3v) is 3.50. The molecule has 0 aliphatic carbocycles. The van der Waals surface area contributed by atoms with Gasteiger partial charge in [0.25, 0.3) is 0 Å². The summed E-state index contributed by atoms with van der Waals surface area (Å²) in [6.45, 7) is 7.88. The predicted octanol–water partition coefficient (Wildman–Crippen LogP) is 1.88. The van der Waals surface area contributed by atoms with Crippen molar-refractivity contribution in [2.24, 2.45) is 0 Å². The first-order chi connectivity index (χ1) is 7.88. The fraction of sp³-hybridized carbons (Fsp3) is 1.00. The highest BCUT2D eigenvalue weighted by Crippen LogP contribution is 2.19. The Balaban J connectivity index is 1.90. The number of nitrogens with zero attached hydrogens (tertiary/aromatic N) is 1. The van der Waals surface area contributed by atoms with Crippen LogP contribution in [0, 0.1) is 0 Å². The zero-order valence-electron chi connectivity index (χ0n) is 11.0. The first-order valence-corrected chi connectivity index (χ1v) is 6.82. The van der Waals surface area contributed by atoms with E-state index in [0.29, 0.717) is 0 Å². The van der Waals surface area contributed by atoms with Crippen LogP contribution in [-0.2, 0) is 4.74 Å². The molecule has 1 heterocycles. The van der Waals surface area contributed by atoms with Crippen LogP contribution >= 0.6 is 0 Å². The Kier molecular flexibility index (Phi) is 7.81. The minimum atomic E-state index is 0.823. The third-order valence-electron chi connectivity index (χ3n) is 3.50. The Morgan fingerprint density at radius 1 is 1.31 bits per heavy atom. The molecule has 0 aromatic rings. The molecular weight excluding hydrogens is 200 g/mol. The van der Waals surface area contributed by atoms with Gasteiger partial charge < -0.3 is 15.0 Å². The Labute approximate surface area is 101 Å². The summed E-state index contributed by atoms with van der Waals surface area (Å²) in [6, 6.07) is 0.876. The van der Waals surface area contributed by atoms with E-state index < -0.39 is 0 Å². The van der Waals surface area contributed by atoms with Crippen molar-refractivity contribution in [3.63, 3.8) is 0 Å². The van der Waals surface area contributed by atoms with E-state index in [0.717, 1.165) is 25.7 Å². The normalized spacial score (nSPS) is 21.8. The van der Waals surface area contributed by atoms with Gasteiger partial charge >= 0.3 is 0 Å². The number of nitrogens with one attached hydrogen (secondary N) is 1. The minimum Gasteiger partial charge on any atom is -0.383 e. The van der Waals surface area contributed by atoms with Gasteiger partial charge in [-0.05, 0) is 51.7 Å². The predicted molar refractivity (Wildman–Crippen MR) is 68.9 cm³/mol. The summed E-state index contributed by atoms with van der Waals surface area (Å²) in [5.74, 6) is 0. The summed E-state index contributed by atoms with van der Waals surface area (Å²) in [7, 11) is 1.75. The van der Waals surface area contributed by atoms with Crippen LogP contribution in [0.5, 0.6) is 0 Å². The summed E-state index contributed by atoms with van der Waals surface area (Å²) in [6.07, 6.45) is 6.77. The van der Waals surface area contributed by atoms with Gasteiger partial charge in [-0.15, -0.1) is 0 Å². The van der Waals surface area contributed by atoms with Gasteiger partial charge in [0.1, 0.15) is 0 Å². The summed E-state index contributed by atoms with van der Waals surface area (Å²) in [5, 5.41) is 3.39.